The Morgan fingerprint density at radius 1 is 1.08 bits per heavy atom. The number of halogens is 1. The fourth-order valence-electron chi connectivity index (χ4n) is 4.78. The van der Waals surface area contributed by atoms with Gasteiger partial charge < -0.3 is 9.64 Å². The number of piperidine rings is 1. The summed E-state index contributed by atoms with van der Waals surface area (Å²) in [6.07, 6.45) is 5.13. The zero-order valence-corrected chi connectivity index (χ0v) is 22.5. The number of benzene rings is 2. The predicted molar refractivity (Wildman–Crippen MR) is 144 cm³/mol. The molecular formula is C29H36ClN3O3. The van der Waals surface area contributed by atoms with Crippen LogP contribution in [0.15, 0.2) is 42.6 Å². The Kier molecular flexibility index (Phi) is 8.16. The number of likely N-dealkylation sites (tertiary alicyclic amines) is 1. The number of carbonyl (C=O) groups excluding carboxylic acids is 2. The third-order valence-electron chi connectivity index (χ3n) is 6.83. The second-order valence-corrected chi connectivity index (χ2v) is 11.2. The summed E-state index contributed by atoms with van der Waals surface area (Å²) in [5, 5.41) is 6.44. The van der Waals surface area contributed by atoms with Crippen LogP contribution in [0.5, 0.6) is 0 Å². The first-order valence-electron chi connectivity index (χ1n) is 12.8. The molecule has 192 valence electrons. The predicted octanol–water partition coefficient (Wildman–Crippen LogP) is 6.33. The van der Waals surface area contributed by atoms with Crippen molar-refractivity contribution >= 4 is 34.2 Å². The molecule has 1 amide bonds. The number of rotatable bonds is 8. The molecule has 1 fully saturated rings. The lowest BCUT2D eigenvalue weighted by Gasteiger charge is -2.32. The molecule has 3 aromatic rings. The minimum absolute atomic E-state index is 0.0627. The van der Waals surface area contributed by atoms with Gasteiger partial charge in [0.2, 0.25) is 0 Å². The SMILES string of the molecule is Cc1c(C(=O)CCCOC(C)(C)C)ccc2nn(CC3CCN(C(=O)c4ccc(Cl)cc4)CC3)cc12. The molecular weight excluding hydrogens is 474 g/mol. The molecule has 2 heterocycles. The van der Waals surface area contributed by atoms with Crippen molar-refractivity contribution in [2.75, 3.05) is 19.7 Å². The molecule has 1 aliphatic rings. The first-order valence-corrected chi connectivity index (χ1v) is 13.2. The summed E-state index contributed by atoms with van der Waals surface area (Å²) in [5.41, 5.74) is 3.17. The van der Waals surface area contributed by atoms with Gasteiger partial charge in [0.25, 0.3) is 5.91 Å². The molecule has 0 N–H and O–H groups in total. The van der Waals surface area contributed by atoms with Crippen molar-refractivity contribution in [3.63, 3.8) is 0 Å². The third-order valence-corrected chi connectivity index (χ3v) is 7.08. The average molecular weight is 510 g/mol. The highest BCUT2D eigenvalue weighted by Gasteiger charge is 2.24. The molecule has 1 aliphatic heterocycles. The zero-order valence-electron chi connectivity index (χ0n) is 21.7. The summed E-state index contributed by atoms with van der Waals surface area (Å²) in [4.78, 5) is 27.5. The highest BCUT2D eigenvalue weighted by Crippen LogP contribution is 2.25. The topological polar surface area (TPSA) is 64.4 Å². The Bertz CT molecular complexity index is 1220. The van der Waals surface area contributed by atoms with Gasteiger partial charge >= 0.3 is 0 Å². The summed E-state index contributed by atoms with van der Waals surface area (Å²) in [6.45, 7) is 10.9. The van der Waals surface area contributed by atoms with Gasteiger partial charge in [-0.3, -0.25) is 14.3 Å². The van der Waals surface area contributed by atoms with E-state index in [9.17, 15) is 9.59 Å². The van der Waals surface area contributed by atoms with Gasteiger partial charge in [-0.1, -0.05) is 11.6 Å². The highest BCUT2D eigenvalue weighted by molar-refractivity contribution is 6.30. The Hall–Kier alpha value is -2.70. The van der Waals surface area contributed by atoms with Crippen molar-refractivity contribution < 1.29 is 14.3 Å². The number of ether oxygens (including phenoxy) is 1. The zero-order chi connectivity index (χ0) is 25.9. The molecule has 0 radical (unpaired) electrons. The van der Waals surface area contributed by atoms with E-state index >= 15 is 0 Å². The van der Waals surface area contributed by atoms with E-state index in [1.54, 1.807) is 24.3 Å². The normalized spacial score (nSPS) is 15.0. The van der Waals surface area contributed by atoms with E-state index in [2.05, 4.69) is 6.20 Å². The van der Waals surface area contributed by atoms with E-state index in [-0.39, 0.29) is 17.3 Å². The maximum Gasteiger partial charge on any atom is 0.253 e. The number of fused-ring (bicyclic) bond motifs is 1. The summed E-state index contributed by atoms with van der Waals surface area (Å²) in [7, 11) is 0. The molecule has 0 saturated carbocycles. The van der Waals surface area contributed by atoms with Gasteiger partial charge in [-0.15, -0.1) is 0 Å². The summed E-state index contributed by atoms with van der Waals surface area (Å²) < 4.78 is 7.75. The summed E-state index contributed by atoms with van der Waals surface area (Å²) >= 11 is 5.95. The number of aryl methyl sites for hydroxylation is 1. The lowest BCUT2D eigenvalue weighted by molar-refractivity contribution is -0.00430. The smallest absolute Gasteiger partial charge is 0.253 e. The molecule has 0 bridgehead atoms. The van der Waals surface area contributed by atoms with Crippen LogP contribution in [0, 0.1) is 12.8 Å². The number of Topliss-reactive ketones (excluding diaryl/α,β-unsaturated/α-hetero) is 1. The second-order valence-electron chi connectivity index (χ2n) is 10.8. The third kappa shape index (κ3) is 6.54. The number of carbonyl (C=O) groups is 2. The minimum Gasteiger partial charge on any atom is -0.376 e. The van der Waals surface area contributed by atoms with E-state index in [1.807, 2.05) is 49.4 Å². The number of nitrogens with zero attached hydrogens (tertiary/aromatic N) is 3. The molecule has 1 aromatic heterocycles. The fourth-order valence-corrected chi connectivity index (χ4v) is 4.91. The van der Waals surface area contributed by atoms with Crippen molar-refractivity contribution in [2.24, 2.45) is 5.92 Å². The van der Waals surface area contributed by atoms with Gasteiger partial charge in [0.05, 0.1) is 11.1 Å². The molecule has 4 rings (SSSR count). The van der Waals surface area contributed by atoms with Gasteiger partial charge in [0, 0.05) is 60.4 Å². The Labute approximate surface area is 218 Å². The van der Waals surface area contributed by atoms with Crippen LogP contribution in [0.2, 0.25) is 5.02 Å². The Morgan fingerprint density at radius 3 is 2.44 bits per heavy atom. The monoisotopic (exact) mass is 509 g/mol. The number of amides is 1. The standard InChI is InChI=1S/C29H36ClN3O3/c1-20-24(27(34)6-5-17-36-29(2,3)4)11-12-26-25(20)19-33(31-26)18-21-13-15-32(16-14-21)28(35)22-7-9-23(30)10-8-22/h7-12,19,21H,5-6,13-18H2,1-4H3. The molecule has 1 saturated heterocycles. The molecule has 2 aromatic carbocycles. The van der Waals surface area contributed by atoms with Crippen LogP contribution in [0.25, 0.3) is 10.9 Å². The number of aromatic nitrogens is 2. The van der Waals surface area contributed by atoms with E-state index in [4.69, 9.17) is 21.4 Å². The van der Waals surface area contributed by atoms with Gasteiger partial charge in [0.1, 0.15) is 0 Å². The summed E-state index contributed by atoms with van der Waals surface area (Å²) in [6, 6.07) is 10.9. The van der Waals surface area contributed by atoms with Crippen molar-refractivity contribution in [1.29, 1.82) is 0 Å². The summed E-state index contributed by atoms with van der Waals surface area (Å²) in [5.74, 6) is 0.669. The molecule has 0 spiro atoms. The number of hydrogen-bond donors (Lipinski definition) is 0. The molecule has 36 heavy (non-hydrogen) atoms. The van der Waals surface area contributed by atoms with Gasteiger partial charge in [0.15, 0.2) is 5.78 Å². The largest absolute Gasteiger partial charge is 0.376 e. The first-order chi connectivity index (χ1) is 17.1. The Balaban J connectivity index is 1.34. The van der Waals surface area contributed by atoms with Crippen LogP contribution in [0.3, 0.4) is 0 Å². The molecule has 0 atom stereocenters. The van der Waals surface area contributed by atoms with Crippen molar-refractivity contribution in [3.8, 4) is 0 Å². The fraction of sp³-hybridized carbons (Fsp3) is 0.483. The maximum absolute atomic E-state index is 12.8. The molecule has 0 unspecified atom stereocenters. The van der Waals surface area contributed by atoms with Crippen LogP contribution >= 0.6 is 11.6 Å². The number of hydrogen-bond acceptors (Lipinski definition) is 4. The van der Waals surface area contributed by atoms with Gasteiger partial charge in [-0.05, 0) is 94.8 Å². The molecule has 0 aliphatic carbocycles. The molecule has 7 heteroatoms. The van der Waals surface area contributed by atoms with Crippen LogP contribution in [-0.2, 0) is 11.3 Å². The van der Waals surface area contributed by atoms with E-state index in [0.29, 0.717) is 36.0 Å². The van der Waals surface area contributed by atoms with Crippen LogP contribution < -0.4 is 0 Å². The van der Waals surface area contributed by atoms with Crippen LogP contribution in [0.4, 0.5) is 0 Å². The van der Waals surface area contributed by atoms with E-state index < -0.39 is 0 Å². The van der Waals surface area contributed by atoms with Crippen molar-refractivity contribution in [2.45, 2.75) is 65.5 Å². The Morgan fingerprint density at radius 2 is 1.78 bits per heavy atom. The maximum atomic E-state index is 12.8. The molecule has 6 nitrogen and oxygen atoms in total. The quantitative estimate of drug-likeness (QED) is 0.263. The van der Waals surface area contributed by atoms with Gasteiger partial charge in [-0.2, -0.15) is 5.10 Å². The van der Waals surface area contributed by atoms with Gasteiger partial charge in [-0.25, -0.2) is 0 Å². The highest BCUT2D eigenvalue weighted by atomic mass is 35.5. The van der Waals surface area contributed by atoms with Crippen molar-refractivity contribution in [1.82, 2.24) is 14.7 Å². The lowest BCUT2D eigenvalue weighted by Crippen LogP contribution is -2.39. The second kappa shape index (κ2) is 11.1. The average Bonchev–Trinajstić information content (AvgIpc) is 3.25. The van der Waals surface area contributed by atoms with E-state index in [1.165, 1.54) is 0 Å². The lowest BCUT2D eigenvalue weighted by atomic mass is 9.96. The van der Waals surface area contributed by atoms with E-state index in [0.717, 1.165) is 54.5 Å². The first kappa shape index (κ1) is 26.4. The minimum atomic E-state index is -0.185. The van der Waals surface area contributed by atoms with Crippen molar-refractivity contribution in [3.05, 3.63) is 64.3 Å². The van der Waals surface area contributed by atoms with Crippen LogP contribution in [0.1, 0.15) is 72.7 Å². The number of ketones is 1. The van der Waals surface area contributed by atoms with Crippen LogP contribution in [-0.4, -0.2) is 51.7 Å².